The molecule has 1 rings (SSSR count). The highest BCUT2D eigenvalue weighted by Crippen LogP contribution is 2.27. The summed E-state index contributed by atoms with van der Waals surface area (Å²) in [6, 6.07) is 8.07. The van der Waals surface area contributed by atoms with Crippen molar-refractivity contribution in [2.75, 3.05) is 7.11 Å². The van der Waals surface area contributed by atoms with Crippen molar-refractivity contribution < 1.29 is 4.74 Å². The van der Waals surface area contributed by atoms with E-state index in [0.29, 0.717) is 12.3 Å². The van der Waals surface area contributed by atoms with Gasteiger partial charge >= 0.3 is 0 Å². The van der Waals surface area contributed by atoms with E-state index < -0.39 is 0 Å². The number of benzene rings is 1. The third-order valence-corrected chi connectivity index (χ3v) is 2.20. The Morgan fingerprint density at radius 3 is 2.64 bits per heavy atom. The summed E-state index contributed by atoms with van der Waals surface area (Å²) in [4.78, 5) is 0. The Morgan fingerprint density at radius 1 is 1.43 bits per heavy atom. The van der Waals surface area contributed by atoms with Crippen LogP contribution in [0.4, 0.5) is 0 Å². The summed E-state index contributed by atoms with van der Waals surface area (Å²) in [5.41, 5.74) is 2.22. The normalized spacial score (nSPS) is 9.93. The second kappa shape index (κ2) is 4.66. The molecule has 0 aliphatic rings. The van der Waals surface area contributed by atoms with Crippen LogP contribution >= 0.6 is 0 Å². The maximum absolute atomic E-state index is 8.59. The van der Waals surface area contributed by atoms with E-state index in [0.717, 1.165) is 11.3 Å². The lowest BCUT2D eigenvalue weighted by atomic mass is 9.99. The van der Waals surface area contributed by atoms with Gasteiger partial charge in [-0.2, -0.15) is 5.26 Å². The van der Waals surface area contributed by atoms with Crippen molar-refractivity contribution in [3.8, 4) is 11.8 Å². The molecule has 1 aromatic rings. The van der Waals surface area contributed by atoms with E-state index in [1.54, 1.807) is 7.11 Å². The van der Waals surface area contributed by atoms with Gasteiger partial charge < -0.3 is 4.74 Å². The van der Waals surface area contributed by atoms with Gasteiger partial charge in [-0.25, -0.2) is 0 Å². The molecule has 0 heterocycles. The van der Waals surface area contributed by atoms with Crippen LogP contribution < -0.4 is 4.74 Å². The molecule has 2 heteroatoms. The van der Waals surface area contributed by atoms with Crippen LogP contribution in [0.5, 0.6) is 5.75 Å². The first-order valence-electron chi connectivity index (χ1n) is 4.72. The molecule has 74 valence electrons. The maximum Gasteiger partial charge on any atom is 0.122 e. The van der Waals surface area contributed by atoms with Gasteiger partial charge in [0, 0.05) is 0 Å². The highest BCUT2D eigenvalue weighted by Gasteiger charge is 2.07. The summed E-state index contributed by atoms with van der Waals surface area (Å²) in [7, 11) is 1.67. The Labute approximate surface area is 85.1 Å². The van der Waals surface area contributed by atoms with Gasteiger partial charge in [0.2, 0.25) is 0 Å². The molecule has 0 bridgehead atoms. The standard InChI is InChI=1S/C12H15NO/c1-9(2)11-8-10(6-7-13)4-5-12(11)14-3/h4-5,8-9H,6H2,1-3H3. The predicted octanol–water partition coefficient (Wildman–Crippen LogP) is 2.88. The van der Waals surface area contributed by atoms with E-state index in [1.165, 1.54) is 5.56 Å². The van der Waals surface area contributed by atoms with E-state index in [1.807, 2.05) is 18.2 Å². The monoisotopic (exact) mass is 189 g/mol. The van der Waals surface area contributed by atoms with Crippen LogP contribution in [0.2, 0.25) is 0 Å². The fourth-order valence-electron chi connectivity index (χ4n) is 1.44. The fourth-order valence-corrected chi connectivity index (χ4v) is 1.44. The molecule has 0 radical (unpaired) electrons. The van der Waals surface area contributed by atoms with Crippen molar-refractivity contribution in [2.24, 2.45) is 0 Å². The van der Waals surface area contributed by atoms with Crippen LogP contribution in [-0.4, -0.2) is 7.11 Å². The van der Waals surface area contributed by atoms with Gasteiger partial charge in [-0.1, -0.05) is 26.0 Å². The number of nitriles is 1. The third kappa shape index (κ3) is 2.26. The van der Waals surface area contributed by atoms with Crippen molar-refractivity contribution in [1.29, 1.82) is 5.26 Å². The molecule has 14 heavy (non-hydrogen) atoms. The average Bonchev–Trinajstić information content (AvgIpc) is 2.18. The Bertz CT molecular complexity index is 350. The molecule has 0 fully saturated rings. The number of hydrogen-bond acceptors (Lipinski definition) is 2. The number of nitrogens with zero attached hydrogens (tertiary/aromatic N) is 1. The third-order valence-electron chi connectivity index (χ3n) is 2.20. The second-order valence-corrected chi connectivity index (χ2v) is 3.57. The van der Waals surface area contributed by atoms with Crippen LogP contribution in [0.1, 0.15) is 30.9 Å². The second-order valence-electron chi connectivity index (χ2n) is 3.57. The Balaban J connectivity index is 3.09. The van der Waals surface area contributed by atoms with Crippen LogP contribution in [0, 0.1) is 11.3 Å². The lowest BCUT2D eigenvalue weighted by Crippen LogP contribution is -1.95. The Morgan fingerprint density at radius 2 is 2.14 bits per heavy atom. The van der Waals surface area contributed by atoms with E-state index in [-0.39, 0.29) is 0 Å². The minimum absolute atomic E-state index is 0.420. The van der Waals surface area contributed by atoms with Crippen LogP contribution in [-0.2, 0) is 6.42 Å². The molecular weight excluding hydrogens is 174 g/mol. The predicted molar refractivity (Wildman–Crippen MR) is 56.4 cm³/mol. The smallest absolute Gasteiger partial charge is 0.122 e. The van der Waals surface area contributed by atoms with Crippen LogP contribution in [0.3, 0.4) is 0 Å². The minimum Gasteiger partial charge on any atom is -0.496 e. The van der Waals surface area contributed by atoms with Crippen molar-refractivity contribution in [2.45, 2.75) is 26.2 Å². The zero-order valence-electron chi connectivity index (χ0n) is 8.87. The summed E-state index contributed by atoms with van der Waals surface area (Å²) >= 11 is 0. The van der Waals surface area contributed by atoms with Gasteiger partial charge in [0.25, 0.3) is 0 Å². The van der Waals surface area contributed by atoms with Crippen molar-refractivity contribution in [1.82, 2.24) is 0 Å². The molecule has 0 spiro atoms. The number of rotatable bonds is 3. The summed E-state index contributed by atoms with van der Waals surface area (Å²) in [5.74, 6) is 1.32. The van der Waals surface area contributed by atoms with Gasteiger partial charge in [-0.3, -0.25) is 0 Å². The van der Waals surface area contributed by atoms with Gasteiger partial charge in [0.1, 0.15) is 5.75 Å². The zero-order valence-corrected chi connectivity index (χ0v) is 8.87. The molecule has 2 nitrogen and oxygen atoms in total. The van der Waals surface area contributed by atoms with Crippen LogP contribution in [0.25, 0.3) is 0 Å². The van der Waals surface area contributed by atoms with Crippen molar-refractivity contribution in [3.63, 3.8) is 0 Å². The highest BCUT2D eigenvalue weighted by molar-refractivity contribution is 5.39. The van der Waals surface area contributed by atoms with E-state index in [4.69, 9.17) is 10.00 Å². The zero-order chi connectivity index (χ0) is 10.6. The van der Waals surface area contributed by atoms with Gasteiger partial charge in [-0.05, 0) is 23.1 Å². The van der Waals surface area contributed by atoms with Crippen LogP contribution in [0.15, 0.2) is 18.2 Å². The molecule has 0 unspecified atom stereocenters. The molecule has 0 saturated carbocycles. The number of methoxy groups -OCH3 is 1. The average molecular weight is 189 g/mol. The molecule has 0 amide bonds. The molecule has 0 aliphatic carbocycles. The number of ether oxygens (including phenoxy) is 1. The lowest BCUT2D eigenvalue weighted by Gasteiger charge is -2.12. The van der Waals surface area contributed by atoms with Gasteiger partial charge in [-0.15, -0.1) is 0 Å². The first-order valence-corrected chi connectivity index (χ1v) is 4.72. The fraction of sp³-hybridized carbons (Fsp3) is 0.417. The van der Waals surface area contributed by atoms with Crippen molar-refractivity contribution in [3.05, 3.63) is 29.3 Å². The minimum atomic E-state index is 0.420. The Hall–Kier alpha value is -1.49. The van der Waals surface area contributed by atoms with E-state index in [9.17, 15) is 0 Å². The topological polar surface area (TPSA) is 33.0 Å². The Kier molecular flexibility index (Phi) is 3.53. The first kappa shape index (κ1) is 10.6. The maximum atomic E-state index is 8.59. The van der Waals surface area contributed by atoms with Gasteiger partial charge in [0.05, 0.1) is 19.6 Å². The SMILES string of the molecule is COc1ccc(CC#N)cc1C(C)C. The molecule has 0 aliphatic heterocycles. The first-order chi connectivity index (χ1) is 6.69. The molecule has 0 atom stereocenters. The largest absolute Gasteiger partial charge is 0.496 e. The van der Waals surface area contributed by atoms with Crippen molar-refractivity contribution >= 4 is 0 Å². The molecular formula is C12H15NO. The molecule has 0 aromatic heterocycles. The highest BCUT2D eigenvalue weighted by atomic mass is 16.5. The summed E-state index contributed by atoms with van der Waals surface area (Å²) in [6.07, 6.45) is 0.462. The van der Waals surface area contributed by atoms with E-state index >= 15 is 0 Å². The molecule has 0 saturated heterocycles. The lowest BCUT2D eigenvalue weighted by molar-refractivity contribution is 0.407. The summed E-state index contributed by atoms with van der Waals surface area (Å²) in [5, 5.41) is 8.59. The van der Waals surface area contributed by atoms with E-state index in [2.05, 4.69) is 19.9 Å². The number of hydrogen-bond donors (Lipinski definition) is 0. The quantitative estimate of drug-likeness (QED) is 0.732. The summed E-state index contributed by atoms with van der Waals surface area (Å²) in [6.45, 7) is 4.24. The van der Waals surface area contributed by atoms with Gasteiger partial charge in [0.15, 0.2) is 0 Å². The molecule has 0 N–H and O–H groups in total. The molecule has 1 aromatic carbocycles. The summed E-state index contributed by atoms with van der Waals surface area (Å²) < 4.78 is 5.26.